The van der Waals surface area contributed by atoms with Crippen LogP contribution < -0.4 is 0 Å². The van der Waals surface area contributed by atoms with Crippen LogP contribution in [-0.2, 0) is 6.54 Å². The van der Waals surface area contributed by atoms with Gasteiger partial charge in [0.05, 0.1) is 6.07 Å². The number of hydrogen-bond acceptors (Lipinski definition) is 4. The molecule has 5 heteroatoms. The van der Waals surface area contributed by atoms with E-state index in [1.54, 1.807) is 0 Å². The predicted octanol–water partition coefficient (Wildman–Crippen LogP) is -0.803. The average molecular weight is 109 g/mol. The monoisotopic (exact) mass is 109 g/mol. The quantitative estimate of drug-likeness (QED) is 0.473. The zero-order valence-electron chi connectivity index (χ0n) is 4.02. The Balaban J connectivity index is 2.67. The maximum Gasteiger partial charge on any atom is 0.139 e. The Morgan fingerprint density at radius 2 is 2.62 bits per heavy atom. The van der Waals surface area contributed by atoms with Crippen LogP contribution in [-0.4, -0.2) is 20.2 Å². The van der Waals surface area contributed by atoms with Crippen LogP contribution in [0.2, 0.25) is 0 Å². The number of aromatic nitrogens is 4. The highest BCUT2D eigenvalue weighted by molar-refractivity contribution is 4.67. The van der Waals surface area contributed by atoms with Crippen molar-refractivity contribution in [3.63, 3.8) is 0 Å². The number of hydrogen-bond donors (Lipinski definition) is 0. The number of tetrazole rings is 1. The third-order valence-electron chi connectivity index (χ3n) is 0.624. The van der Waals surface area contributed by atoms with Crippen molar-refractivity contribution in [2.24, 2.45) is 0 Å². The minimum atomic E-state index is 0.215. The first-order chi connectivity index (χ1) is 3.93. The zero-order valence-corrected chi connectivity index (χ0v) is 4.02. The molecule has 1 heterocycles. The lowest BCUT2D eigenvalue weighted by Gasteiger charge is -1.80. The molecule has 0 radical (unpaired) electrons. The van der Waals surface area contributed by atoms with Crippen LogP contribution in [0, 0.1) is 11.3 Å². The summed E-state index contributed by atoms with van der Waals surface area (Å²) in [6.45, 7) is 0.215. The van der Waals surface area contributed by atoms with Crippen LogP contribution in [0.1, 0.15) is 0 Å². The molecule has 40 valence electrons. The van der Waals surface area contributed by atoms with Gasteiger partial charge in [0.15, 0.2) is 0 Å². The summed E-state index contributed by atoms with van der Waals surface area (Å²) in [7, 11) is 0. The van der Waals surface area contributed by atoms with Gasteiger partial charge in [0, 0.05) is 0 Å². The first-order valence-corrected chi connectivity index (χ1v) is 2.01. The van der Waals surface area contributed by atoms with Crippen molar-refractivity contribution in [3.05, 3.63) is 6.33 Å². The van der Waals surface area contributed by atoms with Gasteiger partial charge in [0.2, 0.25) is 0 Å². The zero-order chi connectivity index (χ0) is 5.82. The lowest BCUT2D eigenvalue weighted by atomic mass is 10.7. The lowest BCUT2D eigenvalue weighted by Crippen LogP contribution is -1.94. The lowest BCUT2D eigenvalue weighted by molar-refractivity contribution is 0.666. The molecule has 1 rings (SSSR count). The summed E-state index contributed by atoms with van der Waals surface area (Å²) in [4.78, 5) is 0. The highest BCUT2D eigenvalue weighted by atomic mass is 15.5. The fraction of sp³-hybridized carbons (Fsp3) is 0.333. The van der Waals surface area contributed by atoms with E-state index in [2.05, 4.69) is 15.5 Å². The molecule has 0 aromatic carbocycles. The highest BCUT2D eigenvalue weighted by Gasteiger charge is 1.84. The minimum absolute atomic E-state index is 0.215. The third kappa shape index (κ3) is 0.789. The van der Waals surface area contributed by atoms with Crippen molar-refractivity contribution in [1.82, 2.24) is 20.2 Å². The number of nitrogens with zero attached hydrogens (tertiary/aromatic N) is 5. The van der Waals surface area contributed by atoms with Gasteiger partial charge < -0.3 is 0 Å². The molecular formula is C3H3N5. The molecule has 5 nitrogen and oxygen atoms in total. The SMILES string of the molecule is N#CCn1cnnn1. The number of rotatable bonds is 1. The molecular weight excluding hydrogens is 106 g/mol. The summed E-state index contributed by atoms with van der Waals surface area (Å²) < 4.78 is 1.35. The van der Waals surface area contributed by atoms with E-state index in [4.69, 9.17) is 5.26 Å². The van der Waals surface area contributed by atoms with E-state index >= 15 is 0 Å². The van der Waals surface area contributed by atoms with E-state index in [1.807, 2.05) is 6.07 Å². The molecule has 0 unspecified atom stereocenters. The summed E-state index contributed by atoms with van der Waals surface area (Å²) in [6, 6.07) is 1.89. The minimum Gasteiger partial charge on any atom is -0.218 e. The van der Waals surface area contributed by atoms with Crippen molar-refractivity contribution in [1.29, 1.82) is 5.26 Å². The van der Waals surface area contributed by atoms with Gasteiger partial charge in [0.1, 0.15) is 12.9 Å². The molecule has 1 aromatic rings. The molecule has 0 spiro atoms. The first-order valence-electron chi connectivity index (χ1n) is 2.01. The second kappa shape index (κ2) is 2.02. The molecule has 1 aromatic heterocycles. The highest BCUT2D eigenvalue weighted by Crippen LogP contribution is 1.71. The summed E-state index contributed by atoms with van der Waals surface area (Å²) in [5.41, 5.74) is 0. The van der Waals surface area contributed by atoms with Gasteiger partial charge in [-0.15, -0.1) is 5.10 Å². The van der Waals surface area contributed by atoms with E-state index in [1.165, 1.54) is 11.0 Å². The molecule has 8 heavy (non-hydrogen) atoms. The maximum atomic E-state index is 8.07. The standard InChI is InChI=1S/C3H3N5/c4-1-2-8-3-5-6-7-8/h3H,2H2. The van der Waals surface area contributed by atoms with E-state index < -0.39 is 0 Å². The van der Waals surface area contributed by atoms with Gasteiger partial charge in [-0.05, 0) is 10.4 Å². The second-order valence-electron chi connectivity index (χ2n) is 1.17. The van der Waals surface area contributed by atoms with Gasteiger partial charge in [-0.2, -0.15) is 5.26 Å². The van der Waals surface area contributed by atoms with Crippen LogP contribution in [0.3, 0.4) is 0 Å². The van der Waals surface area contributed by atoms with E-state index in [0.29, 0.717) is 0 Å². The Morgan fingerprint density at radius 1 is 1.75 bits per heavy atom. The molecule has 0 N–H and O–H groups in total. The summed E-state index contributed by atoms with van der Waals surface area (Å²) in [6.07, 6.45) is 1.39. The summed E-state index contributed by atoms with van der Waals surface area (Å²) in [5, 5.41) is 18.2. The molecule has 0 saturated heterocycles. The summed E-state index contributed by atoms with van der Waals surface area (Å²) in [5.74, 6) is 0. The Hall–Kier alpha value is -1.44. The molecule has 0 amide bonds. The van der Waals surface area contributed by atoms with Crippen LogP contribution in [0.5, 0.6) is 0 Å². The molecule has 0 fully saturated rings. The molecule has 0 saturated carbocycles. The van der Waals surface area contributed by atoms with Crippen LogP contribution in [0.15, 0.2) is 6.33 Å². The molecule has 0 atom stereocenters. The fourth-order valence-corrected chi connectivity index (χ4v) is 0.325. The molecule has 0 bridgehead atoms. The van der Waals surface area contributed by atoms with Crippen molar-refractivity contribution >= 4 is 0 Å². The van der Waals surface area contributed by atoms with E-state index in [-0.39, 0.29) is 6.54 Å². The molecule has 0 aliphatic rings. The average Bonchev–Trinajstić information content (AvgIpc) is 2.19. The first kappa shape index (κ1) is 4.71. The summed E-state index contributed by atoms with van der Waals surface area (Å²) >= 11 is 0. The van der Waals surface area contributed by atoms with Crippen molar-refractivity contribution < 1.29 is 0 Å². The maximum absolute atomic E-state index is 8.07. The number of nitriles is 1. The van der Waals surface area contributed by atoms with Gasteiger partial charge >= 0.3 is 0 Å². The Kier molecular flexibility index (Phi) is 1.19. The van der Waals surface area contributed by atoms with E-state index in [9.17, 15) is 0 Å². The smallest absolute Gasteiger partial charge is 0.139 e. The van der Waals surface area contributed by atoms with Crippen molar-refractivity contribution in [2.45, 2.75) is 6.54 Å². The Labute approximate surface area is 45.5 Å². The Bertz CT molecular complexity index is 182. The largest absolute Gasteiger partial charge is 0.218 e. The molecule has 0 aliphatic heterocycles. The second-order valence-corrected chi connectivity index (χ2v) is 1.17. The van der Waals surface area contributed by atoms with Gasteiger partial charge in [-0.1, -0.05) is 0 Å². The predicted molar refractivity (Wildman–Crippen MR) is 23.4 cm³/mol. The normalized spacial score (nSPS) is 8.38. The topological polar surface area (TPSA) is 67.4 Å². The fourth-order valence-electron chi connectivity index (χ4n) is 0.325. The van der Waals surface area contributed by atoms with Crippen molar-refractivity contribution in [3.8, 4) is 6.07 Å². The molecule has 0 aliphatic carbocycles. The third-order valence-corrected chi connectivity index (χ3v) is 0.624. The van der Waals surface area contributed by atoms with Crippen LogP contribution in [0.25, 0.3) is 0 Å². The van der Waals surface area contributed by atoms with Crippen LogP contribution in [0.4, 0.5) is 0 Å². The van der Waals surface area contributed by atoms with Gasteiger partial charge in [-0.3, -0.25) is 0 Å². The Morgan fingerprint density at radius 3 is 3.12 bits per heavy atom. The van der Waals surface area contributed by atoms with Gasteiger partial charge in [-0.25, -0.2) is 4.68 Å². The van der Waals surface area contributed by atoms with Gasteiger partial charge in [0.25, 0.3) is 0 Å². The van der Waals surface area contributed by atoms with E-state index in [0.717, 1.165) is 0 Å². The van der Waals surface area contributed by atoms with Crippen LogP contribution >= 0.6 is 0 Å². The van der Waals surface area contributed by atoms with Crippen molar-refractivity contribution in [2.75, 3.05) is 0 Å².